The highest BCUT2D eigenvalue weighted by Crippen LogP contribution is 2.75. The Morgan fingerprint density at radius 1 is 0.884 bits per heavy atom. The number of rotatable bonds is 7. The third kappa shape index (κ3) is 5.21. The molecule has 1 saturated heterocycles. The van der Waals surface area contributed by atoms with Gasteiger partial charge < -0.3 is 35.0 Å². The van der Waals surface area contributed by atoms with Crippen LogP contribution in [-0.2, 0) is 9.47 Å². The van der Waals surface area contributed by atoms with E-state index in [-0.39, 0.29) is 39.8 Å². The minimum absolute atomic E-state index is 0.0270. The highest BCUT2D eigenvalue weighted by atomic mass is 16.7. The minimum Gasteiger partial charge on any atom is -0.394 e. The third-order valence-electron chi connectivity index (χ3n) is 14.0. The molecule has 0 aromatic heterocycles. The van der Waals surface area contributed by atoms with Crippen LogP contribution in [0.3, 0.4) is 0 Å². The molecule has 5 fully saturated rings. The predicted octanol–water partition coefficient (Wildman–Crippen LogP) is 5.13. The molecule has 7 heteroatoms. The number of aliphatic hydroxyl groups excluding tert-OH is 5. The molecule has 1 aliphatic heterocycles. The SMILES string of the molecule is C=C(CCC=C(C)C)[C@H]1CC[C@]2(C)[C@@H]1[C@H](O)C[C@@H]1[C@@]3(C)CC[C@H](O[C@@H]4O[C@H](CO)[C@@H](O)[C@H](O)[C@H]4O)C(C)(C)[C@@H]3CC[C@]12C. The van der Waals surface area contributed by atoms with Crippen LogP contribution < -0.4 is 0 Å². The van der Waals surface area contributed by atoms with Crippen LogP contribution in [0.4, 0.5) is 0 Å². The van der Waals surface area contributed by atoms with Crippen LogP contribution in [-0.4, -0.2) is 75.1 Å². The second kappa shape index (κ2) is 11.8. The fourth-order valence-electron chi connectivity index (χ4n) is 11.5. The molecule has 4 aliphatic carbocycles. The monoisotopic (exact) mass is 604 g/mol. The fourth-order valence-corrected chi connectivity index (χ4v) is 11.5. The van der Waals surface area contributed by atoms with Crippen LogP contribution in [0.2, 0.25) is 0 Å². The van der Waals surface area contributed by atoms with E-state index < -0.39 is 37.3 Å². The fraction of sp³-hybridized carbons (Fsp3) is 0.889. The summed E-state index contributed by atoms with van der Waals surface area (Å²) in [6.45, 7) is 20.4. The summed E-state index contributed by atoms with van der Waals surface area (Å²) in [5, 5.41) is 52.9. The minimum atomic E-state index is -1.45. The van der Waals surface area contributed by atoms with Crippen LogP contribution in [0.15, 0.2) is 23.8 Å². The summed E-state index contributed by atoms with van der Waals surface area (Å²) in [5.74, 6) is 1.38. The second-order valence-corrected chi connectivity index (χ2v) is 16.6. The standard InChI is InChI=1S/C36H60O7/c1-20(2)10-9-11-21(3)22-12-16-36(8)28(22)23(38)18-26-34(6)15-14-27(33(4,5)25(34)13-17-35(26,36)7)43-32-31(41)30(40)29(39)24(19-37)42-32/h10,22-32,37-41H,3,9,11-19H2,1-2,4-8H3/t22-,23-,24-,25+,26-,27+,28+,29-,30+,31-,32+,34+,35-,36-/m1/s1. The molecule has 0 bridgehead atoms. The summed E-state index contributed by atoms with van der Waals surface area (Å²) in [5.41, 5.74) is 2.63. The van der Waals surface area contributed by atoms with Crippen LogP contribution >= 0.6 is 0 Å². The van der Waals surface area contributed by atoms with Crippen molar-refractivity contribution in [2.24, 2.45) is 45.3 Å². The molecular weight excluding hydrogens is 544 g/mol. The Bertz CT molecular complexity index is 1070. The lowest BCUT2D eigenvalue weighted by atomic mass is 9.35. The van der Waals surface area contributed by atoms with Crippen molar-refractivity contribution in [3.05, 3.63) is 23.8 Å². The van der Waals surface area contributed by atoms with Crippen molar-refractivity contribution in [2.45, 2.75) is 149 Å². The number of hydrogen-bond donors (Lipinski definition) is 5. The van der Waals surface area contributed by atoms with Crippen molar-refractivity contribution < 1.29 is 35.0 Å². The van der Waals surface area contributed by atoms with E-state index in [0.717, 1.165) is 57.8 Å². The van der Waals surface area contributed by atoms with Crippen molar-refractivity contribution in [2.75, 3.05) is 6.61 Å². The molecule has 0 aromatic carbocycles. The van der Waals surface area contributed by atoms with Crippen molar-refractivity contribution in [1.29, 1.82) is 0 Å². The number of ether oxygens (including phenoxy) is 2. The van der Waals surface area contributed by atoms with Crippen LogP contribution in [0.1, 0.15) is 106 Å². The Hall–Kier alpha value is -0.800. The second-order valence-electron chi connectivity index (χ2n) is 16.6. The zero-order valence-corrected chi connectivity index (χ0v) is 27.8. The first kappa shape index (κ1) is 33.6. The van der Waals surface area contributed by atoms with Crippen molar-refractivity contribution in [3.8, 4) is 0 Å². The van der Waals surface area contributed by atoms with Crippen molar-refractivity contribution in [1.82, 2.24) is 0 Å². The lowest BCUT2D eigenvalue weighted by molar-refractivity contribution is -0.331. The van der Waals surface area contributed by atoms with Crippen LogP contribution in [0, 0.1) is 45.3 Å². The Labute approximate surface area is 259 Å². The summed E-state index contributed by atoms with van der Waals surface area (Å²) < 4.78 is 12.2. The van der Waals surface area contributed by atoms with Gasteiger partial charge in [-0.1, -0.05) is 58.4 Å². The maximum atomic E-state index is 12.0. The number of aliphatic hydroxyl groups is 5. The summed E-state index contributed by atoms with van der Waals surface area (Å²) in [4.78, 5) is 0. The largest absolute Gasteiger partial charge is 0.394 e. The molecule has 246 valence electrons. The van der Waals surface area contributed by atoms with Gasteiger partial charge >= 0.3 is 0 Å². The molecule has 4 saturated carbocycles. The topological polar surface area (TPSA) is 120 Å². The van der Waals surface area contributed by atoms with Gasteiger partial charge in [-0.25, -0.2) is 0 Å². The Kier molecular flexibility index (Phi) is 9.19. The smallest absolute Gasteiger partial charge is 0.186 e. The van der Waals surface area contributed by atoms with Gasteiger partial charge in [0.15, 0.2) is 6.29 Å². The maximum absolute atomic E-state index is 12.0. The molecule has 7 nitrogen and oxygen atoms in total. The van der Waals surface area contributed by atoms with E-state index in [9.17, 15) is 25.5 Å². The lowest BCUT2D eigenvalue weighted by Gasteiger charge is -2.70. The van der Waals surface area contributed by atoms with E-state index in [1.165, 1.54) is 11.1 Å². The normalized spacial score (nSPS) is 50.7. The molecule has 14 atom stereocenters. The summed E-state index contributed by atoms with van der Waals surface area (Å²) >= 11 is 0. The molecule has 5 rings (SSSR count). The molecular formula is C36H60O7. The molecule has 0 spiro atoms. The van der Waals surface area contributed by atoms with E-state index in [2.05, 4.69) is 61.1 Å². The zero-order chi connectivity index (χ0) is 31.7. The van der Waals surface area contributed by atoms with Gasteiger partial charge in [-0.3, -0.25) is 0 Å². The van der Waals surface area contributed by atoms with Gasteiger partial charge in [0, 0.05) is 0 Å². The van der Waals surface area contributed by atoms with Crippen LogP contribution in [0.5, 0.6) is 0 Å². The Morgan fingerprint density at radius 2 is 1.56 bits per heavy atom. The quantitative estimate of drug-likeness (QED) is 0.202. The van der Waals surface area contributed by atoms with Gasteiger partial charge in [0.25, 0.3) is 0 Å². The average Bonchev–Trinajstić information content (AvgIpc) is 3.31. The van der Waals surface area contributed by atoms with E-state index in [1.54, 1.807) is 0 Å². The van der Waals surface area contributed by atoms with Gasteiger partial charge in [-0.05, 0) is 117 Å². The van der Waals surface area contributed by atoms with Gasteiger partial charge in [0.05, 0.1) is 18.8 Å². The van der Waals surface area contributed by atoms with Crippen LogP contribution in [0.25, 0.3) is 0 Å². The first-order chi connectivity index (χ1) is 20.0. The molecule has 0 aromatic rings. The molecule has 0 unspecified atom stereocenters. The Balaban J connectivity index is 1.36. The van der Waals surface area contributed by atoms with E-state index in [0.29, 0.717) is 17.8 Å². The van der Waals surface area contributed by atoms with E-state index in [4.69, 9.17) is 9.47 Å². The zero-order valence-electron chi connectivity index (χ0n) is 27.8. The third-order valence-corrected chi connectivity index (χ3v) is 14.0. The van der Waals surface area contributed by atoms with Crippen molar-refractivity contribution in [3.63, 3.8) is 0 Å². The molecule has 1 heterocycles. The van der Waals surface area contributed by atoms with Gasteiger partial charge in [0.2, 0.25) is 0 Å². The van der Waals surface area contributed by atoms with Gasteiger partial charge in [-0.2, -0.15) is 0 Å². The first-order valence-corrected chi connectivity index (χ1v) is 17.0. The van der Waals surface area contributed by atoms with E-state index >= 15 is 0 Å². The lowest BCUT2D eigenvalue weighted by Crippen LogP contribution is -2.67. The summed E-state index contributed by atoms with van der Waals surface area (Å²) in [7, 11) is 0. The average molecular weight is 605 g/mol. The molecule has 0 radical (unpaired) electrons. The highest BCUT2D eigenvalue weighted by molar-refractivity contribution is 5.22. The highest BCUT2D eigenvalue weighted by Gasteiger charge is 2.70. The Morgan fingerprint density at radius 3 is 2.21 bits per heavy atom. The molecule has 5 aliphatic rings. The molecule has 5 N–H and O–H groups in total. The van der Waals surface area contributed by atoms with Crippen molar-refractivity contribution >= 4 is 0 Å². The summed E-state index contributed by atoms with van der Waals surface area (Å²) in [6.07, 6.45) is 4.46. The maximum Gasteiger partial charge on any atom is 0.186 e. The molecule has 43 heavy (non-hydrogen) atoms. The number of allylic oxidation sites excluding steroid dienone is 3. The predicted molar refractivity (Wildman–Crippen MR) is 167 cm³/mol. The summed E-state index contributed by atoms with van der Waals surface area (Å²) in [6, 6.07) is 0. The number of hydrogen-bond acceptors (Lipinski definition) is 7. The van der Waals surface area contributed by atoms with Gasteiger partial charge in [0.1, 0.15) is 24.4 Å². The first-order valence-electron chi connectivity index (χ1n) is 17.0. The molecule has 0 amide bonds. The van der Waals surface area contributed by atoms with E-state index in [1.807, 2.05) is 0 Å². The number of fused-ring (bicyclic) bond motifs is 5. The van der Waals surface area contributed by atoms with Gasteiger partial charge in [-0.15, -0.1) is 0 Å².